The van der Waals surface area contributed by atoms with Crippen LogP contribution in [0.5, 0.6) is 11.5 Å². The molecule has 35 heavy (non-hydrogen) atoms. The van der Waals surface area contributed by atoms with Gasteiger partial charge in [0, 0.05) is 11.6 Å². The summed E-state index contributed by atoms with van der Waals surface area (Å²) in [6, 6.07) is 17.2. The van der Waals surface area contributed by atoms with Crippen LogP contribution in [0.2, 0.25) is 0 Å². The Morgan fingerprint density at radius 1 is 0.829 bits per heavy atom. The molecule has 3 N–H and O–H groups in total. The van der Waals surface area contributed by atoms with Crippen molar-refractivity contribution < 1.29 is 46.5 Å². The van der Waals surface area contributed by atoms with E-state index in [0.717, 1.165) is 19.1 Å². The van der Waals surface area contributed by atoms with Crippen molar-refractivity contribution in [1.29, 1.82) is 0 Å². The second-order valence-corrected chi connectivity index (χ2v) is 11.0. The third-order valence-corrected chi connectivity index (χ3v) is 7.26. The van der Waals surface area contributed by atoms with E-state index in [0.29, 0.717) is 22.6 Å². The van der Waals surface area contributed by atoms with Crippen molar-refractivity contribution >= 4 is 15.6 Å². The zero-order valence-corrected chi connectivity index (χ0v) is 20.3. The van der Waals surface area contributed by atoms with Gasteiger partial charge in [-0.1, -0.05) is 54.6 Å². The predicted molar refractivity (Wildman–Crippen MR) is 124 cm³/mol. The molecule has 2 unspecified atom stereocenters. The summed E-state index contributed by atoms with van der Waals surface area (Å²) in [5, 5.41) is -2.31. The highest BCUT2D eigenvalue weighted by molar-refractivity contribution is 7.52. The molecule has 0 aliphatic heterocycles. The van der Waals surface area contributed by atoms with Gasteiger partial charge in [0.25, 0.3) is 0 Å². The molecule has 0 aliphatic rings. The summed E-state index contributed by atoms with van der Waals surface area (Å²) in [5.74, 6) is 0.905. The van der Waals surface area contributed by atoms with Gasteiger partial charge in [0.05, 0.1) is 0 Å². The fraction of sp³-hybridized carbons (Fsp3) is 0.217. The quantitative estimate of drug-likeness (QED) is 0.289. The number of halogens is 3. The molecule has 0 fully saturated rings. The standard InChI is InChI=1S/C23H23F3O7P2/c1-22(24,34(27)28)18-9-5-16(6-10-18)14-32-20-3-2-4-21(13-20)33-15-17-7-11-19(12-8-17)23(25,26)35(29,30)31/h2-13,34H,14-15H2,1H3,(H,27,28)(H2,29,30,31). The predicted octanol–water partition coefficient (Wildman–Crippen LogP) is 5.68. The number of ether oxygens (including phenoxy) is 2. The lowest BCUT2D eigenvalue weighted by Crippen LogP contribution is -2.13. The Hall–Kier alpha value is -2.61. The Labute approximate surface area is 200 Å². The molecule has 2 atom stereocenters. The minimum atomic E-state index is -5.63. The maximum atomic E-state index is 14.3. The third kappa shape index (κ3) is 6.54. The molecule has 0 amide bonds. The fourth-order valence-corrected chi connectivity index (χ4v) is 3.89. The van der Waals surface area contributed by atoms with E-state index in [2.05, 4.69) is 0 Å². The molecular weight excluding hydrogens is 507 g/mol. The van der Waals surface area contributed by atoms with Crippen molar-refractivity contribution in [2.45, 2.75) is 31.2 Å². The molecule has 12 heteroatoms. The molecule has 0 bridgehead atoms. The van der Waals surface area contributed by atoms with Gasteiger partial charge in [0.15, 0.2) is 0 Å². The lowest BCUT2D eigenvalue weighted by molar-refractivity contribution is 0.0564. The van der Waals surface area contributed by atoms with Crippen LogP contribution in [0, 0.1) is 0 Å². The average Bonchev–Trinajstić information content (AvgIpc) is 2.81. The molecule has 0 aliphatic carbocycles. The van der Waals surface area contributed by atoms with E-state index in [1.165, 1.54) is 24.3 Å². The molecule has 0 heterocycles. The number of benzene rings is 3. The number of hydrogen-bond donors (Lipinski definition) is 3. The summed E-state index contributed by atoms with van der Waals surface area (Å²) in [6.45, 7) is 1.22. The maximum Gasteiger partial charge on any atom is 0.399 e. The monoisotopic (exact) mass is 530 g/mol. The molecule has 188 valence electrons. The average molecular weight is 530 g/mol. The van der Waals surface area contributed by atoms with E-state index in [1.807, 2.05) is 0 Å². The molecule has 0 aromatic heterocycles. The van der Waals surface area contributed by atoms with Crippen LogP contribution in [0.15, 0.2) is 72.8 Å². The Morgan fingerprint density at radius 3 is 1.66 bits per heavy atom. The van der Waals surface area contributed by atoms with Gasteiger partial charge in [0.1, 0.15) is 24.7 Å². The Bertz CT molecular complexity index is 1230. The van der Waals surface area contributed by atoms with E-state index in [9.17, 15) is 22.3 Å². The number of rotatable bonds is 10. The zero-order chi connectivity index (χ0) is 25.9. The highest BCUT2D eigenvalue weighted by atomic mass is 31.2. The highest BCUT2D eigenvalue weighted by Crippen LogP contribution is 2.59. The first-order chi connectivity index (χ1) is 16.3. The topological polar surface area (TPSA) is 113 Å². The van der Waals surface area contributed by atoms with Gasteiger partial charge in [-0.2, -0.15) is 8.78 Å². The molecule has 3 rings (SSSR count). The molecule has 3 aromatic carbocycles. The van der Waals surface area contributed by atoms with Gasteiger partial charge in [-0.25, -0.2) is 4.39 Å². The summed E-state index contributed by atoms with van der Waals surface area (Å²) in [7, 11) is -9.04. The molecule has 3 aromatic rings. The first-order valence-electron chi connectivity index (χ1n) is 10.2. The van der Waals surface area contributed by atoms with Crippen LogP contribution >= 0.6 is 15.6 Å². The van der Waals surface area contributed by atoms with Gasteiger partial charge in [-0.3, -0.25) is 9.13 Å². The van der Waals surface area contributed by atoms with Crippen molar-refractivity contribution in [2.24, 2.45) is 0 Å². The van der Waals surface area contributed by atoms with Crippen LogP contribution in [0.1, 0.15) is 29.2 Å². The van der Waals surface area contributed by atoms with Gasteiger partial charge < -0.3 is 24.2 Å². The van der Waals surface area contributed by atoms with Crippen LogP contribution < -0.4 is 9.47 Å². The second-order valence-electron chi connectivity index (χ2n) is 7.84. The summed E-state index contributed by atoms with van der Waals surface area (Å²) in [4.78, 5) is 26.8. The molecule has 0 radical (unpaired) electrons. The van der Waals surface area contributed by atoms with Crippen molar-refractivity contribution in [2.75, 3.05) is 0 Å². The molecular formula is C23H23F3O7P2. The second kappa shape index (κ2) is 10.6. The largest absolute Gasteiger partial charge is 0.489 e. The van der Waals surface area contributed by atoms with Crippen molar-refractivity contribution in [3.05, 3.63) is 95.1 Å². The summed E-state index contributed by atoms with van der Waals surface area (Å²) >= 11 is 0. The van der Waals surface area contributed by atoms with Gasteiger partial charge in [0.2, 0.25) is 13.4 Å². The lowest BCUT2D eigenvalue weighted by Gasteiger charge is -2.18. The third-order valence-electron chi connectivity index (χ3n) is 5.18. The minimum Gasteiger partial charge on any atom is -0.489 e. The molecule has 0 saturated carbocycles. The van der Waals surface area contributed by atoms with Crippen LogP contribution in [0.4, 0.5) is 13.2 Å². The Kier molecular flexibility index (Phi) is 8.14. The Morgan fingerprint density at radius 2 is 1.26 bits per heavy atom. The van der Waals surface area contributed by atoms with Gasteiger partial charge in [-0.05, 0) is 35.7 Å². The van der Waals surface area contributed by atoms with E-state index < -0.39 is 32.3 Å². The van der Waals surface area contributed by atoms with Crippen LogP contribution in [-0.2, 0) is 33.4 Å². The van der Waals surface area contributed by atoms with Crippen LogP contribution in [-0.4, -0.2) is 14.7 Å². The lowest BCUT2D eigenvalue weighted by atomic mass is 10.1. The minimum absolute atomic E-state index is 0.0165. The van der Waals surface area contributed by atoms with Gasteiger partial charge in [-0.15, -0.1) is 0 Å². The molecule has 7 nitrogen and oxygen atoms in total. The maximum absolute atomic E-state index is 14.3. The van der Waals surface area contributed by atoms with Crippen molar-refractivity contribution in [3.63, 3.8) is 0 Å². The van der Waals surface area contributed by atoms with E-state index in [4.69, 9.17) is 24.2 Å². The van der Waals surface area contributed by atoms with Crippen LogP contribution in [0.25, 0.3) is 0 Å². The molecule has 0 saturated heterocycles. The smallest absolute Gasteiger partial charge is 0.399 e. The van der Waals surface area contributed by atoms with Crippen molar-refractivity contribution in [3.8, 4) is 11.5 Å². The number of alkyl halides is 3. The number of hydrogen-bond acceptors (Lipinski definition) is 4. The molecule has 0 spiro atoms. The fourth-order valence-electron chi connectivity index (χ4n) is 2.99. The first-order valence-corrected chi connectivity index (χ1v) is 13.2. The summed E-state index contributed by atoms with van der Waals surface area (Å²) in [6.07, 6.45) is 0. The SMILES string of the molecule is CC(F)(c1ccc(COc2cccc(OCc3ccc(C(F)(F)P(=O)(O)O)cc3)c2)cc1)[PH](=O)O. The summed E-state index contributed by atoms with van der Waals surface area (Å²) < 4.78 is 75.3. The highest BCUT2D eigenvalue weighted by Gasteiger charge is 2.50. The van der Waals surface area contributed by atoms with E-state index >= 15 is 0 Å². The van der Waals surface area contributed by atoms with E-state index in [1.54, 1.807) is 36.4 Å². The summed E-state index contributed by atoms with van der Waals surface area (Å²) in [5.41, 5.74) is -3.75. The zero-order valence-electron chi connectivity index (χ0n) is 18.4. The van der Waals surface area contributed by atoms with Gasteiger partial charge >= 0.3 is 13.3 Å². The normalized spacial score (nSPS) is 14.7. The van der Waals surface area contributed by atoms with E-state index in [-0.39, 0.29) is 18.8 Å². The van der Waals surface area contributed by atoms with Crippen LogP contribution in [0.3, 0.4) is 0 Å². The Balaban J connectivity index is 1.58. The first kappa shape index (κ1) is 27.0. The van der Waals surface area contributed by atoms with Crippen molar-refractivity contribution in [1.82, 2.24) is 0 Å².